The van der Waals surface area contributed by atoms with Gasteiger partial charge in [-0.3, -0.25) is 4.68 Å². The Morgan fingerprint density at radius 1 is 1.16 bits per heavy atom. The van der Waals surface area contributed by atoms with Gasteiger partial charge < -0.3 is 5.11 Å². The summed E-state index contributed by atoms with van der Waals surface area (Å²) in [5.74, 6) is -0.390. The van der Waals surface area contributed by atoms with Crippen molar-refractivity contribution in [2.24, 2.45) is 7.05 Å². The minimum atomic E-state index is -0.390. The molecule has 0 fully saturated rings. The summed E-state index contributed by atoms with van der Waals surface area (Å²) in [7, 11) is 1.81. The standard InChI is InChI=1S/C11H11FN2O.2C2H6/c1-14-6-10(5-13-14)8-2-3-9(7-15)11(12)4-8;2*1-2/h2-6,15H,7H2,1H3;2*1-2H3. The van der Waals surface area contributed by atoms with Crippen molar-refractivity contribution >= 4 is 0 Å². The molecule has 0 amide bonds. The average molecular weight is 266 g/mol. The summed E-state index contributed by atoms with van der Waals surface area (Å²) < 4.78 is 15.0. The van der Waals surface area contributed by atoms with Gasteiger partial charge in [-0.05, 0) is 11.6 Å². The van der Waals surface area contributed by atoms with Crippen LogP contribution in [0.1, 0.15) is 33.3 Å². The average Bonchev–Trinajstić information content (AvgIpc) is 2.90. The lowest BCUT2D eigenvalue weighted by Crippen LogP contribution is -1.89. The number of benzene rings is 1. The van der Waals surface area contributed by atoms with Gasteiger partial charge in [0.25, 0.3) is 0 Å². The lowest BCUT2D eigenvalue weighted by molar-refractivity contribution is 0.276. The van der Waals surface area contributed by atoms with Crippen LogP contribution in [0.15, 0.2) is 30.6 Å². The van der Waals surface area contributed by atoms with Gasteiger partial charge in [-0.15, -0.1) is 0 Å². The monoisotopic (exact) mass is 266 g/mol. The van der Waals surface area contributed by atoms with Crippen molar-refractivity contribution in [1.82, 2.24) is 9.78 Å². The molecule has 106 valence electrons. The van der Waals surface area contributed by atoms with Crippen LogP contribution in [0.3, 0.4) is 0 Å². The molecule has 1 aromatic heterocycles. The number of halogens is 1. The molecular weight excluding hydrogens is 243 g/mol. The predicted molar refractivity (Wildman–Crippen MR) is 77.2 cm³/mol. The van der Waals surface area contributed by atoms with Crippen molar-refractivity contribution in [3.05, 3.63) is 42.0 Å². The molecule has 2 aromatic rings. The number of hydrogen-bond donors (Lipinski definition) is 1. The van der Waals surface area contributed by atoms with E-state index >= 15 is 0 Å². The largest absolute Gasteiger partial charge is 0.392 e. The van der Waals surface area contributed by atoms with E-state index in [9.17, 15) is 4.39 Å². The van der Waals surface area contributed by atoms with Crippen molar-refractivity contribution in [1.29, 1.82) is 0 Å². The van der Waals surface area contributed by atoms with E-state index in [4.69, 9.17) is 5.11 Å². The molecule has 1 heterocycles. The van der Waals surface area contributed by atoms with Crippen molar-refractivity contribution in [3.8, 4) is 11.1 Å². The van der Waals surface area contributed by atoms with Crippen LogP contribution in [0.4, 0.5) is 4.39 Å². The molecule has 0 spiro atoms. The maximum Gasteiger partial charge on any atom is 0.129 e. The van der Waals surface area contributed by atoms with E-state index in [1.807, 2.05) is 40.9 Å². The van der Waals surface area contributed by atoms with Gasteiger partial charge in [0.1, 0.15) is 5.82 Å². The Balaban J connectivity index is 0.000000741. The highest BCUT2D eigenvalue weighted by molar-refractivity contribution is 5.62. The van der Waals surface area contributed by atoms with Crippen LogP contribution < -0.4 is 0 Å². The molecule has 0 unspecified atom stereocenters. The van der Waals surface area contributed by atoms with Crippen molar-refractivity contribution in [2.75, 3.05) is 0 Å². The highest BCUT2D eigenvalue weighted by atomic mass is 19.1. The smallest absolute Gasteiger partial charge is 0.129 e. The van der Waals surface area contributed by atoms with Crippen LogP contribution in [0, 0.1) is 5.82 Å². The van der Waals surface area contributed by atoms with Crippen molar-refractivity contribution < 1.29 is 9.50 Å². The summed E-state index contributed by atoms with van der Waals surface area (Å²) in [4.78, 5) is 0. The Morgan fingerprint density at radius 3 is 2.21 bits per heavy atom. The SMILES string of the molecule is CC.CC.Cn1cc(-c2ccc(CO)c(F)c2)cn1. The second kappa shape index (κ2) is 9.28. The molecule has 1 aromatic carbocycles. The Labute approximate surface area is 114 Å². The predicted octanol–water partition coefficient (Wildman–Crippen LogP) is 3.77. The van der Waals surface area contributed by atoms with Crippen LogP contribution in [-0.4, -0.2) is 14.9 Å². The fourth-order valence-electron chi connectivity index (χ4n) is 1.43. The molecule has 0 bridgehead atoms. The molecule has 0 saturated heterocycles. The summed E-state index contributed by atoms with van der Waals surface area (Å²) in [6, 6.07) is 4.76. The number of aliphatic hydroxyl groups excluding tert-OH is 1. The fraction of sp³-hybridized carbons (Fsp3) is 0.400. The zero-order chi connectivity index (χ0) is 14.8. The van der Waals surface area contributed by atoms with E-state index in [0.29, 0.717) is 5.56 Å². The first-order valence-electron chi connectivity index (χ1n) is 6.59. The molecule has 0 aliphatic carbocycles. The van der Waals surface area contributed by atoms with Gasteiger partial charge in [0.05, 0.1) is 12.8 Å². The number of rotatable bonds is 2. The first kappa shape index (κ1) is 17.3. The Bertz CT molecular complexity index is 481. The fourth-order valence-corrected chi connectivity index (χ4v) is 1.43. The number of aryl methyl sites for hydroxylation is 1. The highest BCUT2D eigenvalue weighted by Gasteiger charge is 2.05. The minimum Gasteiger partial charge on any atom is -0.392 e. The molecule has 3 nitrogen and oxygen atoms in total. The Kier molecular flexibility index (Phi) is 8.46. The van der Waals surface area contributed by atoms with Crippen LogP contribution in [0.5, 0.6) is 0 Å². The molecule has 0 atom stereocenters. The first-order valence-corrected chi connectivity index (χ1v) is 6.59. The molecule has 4 heteroatoms. The number of hydrogen-bond acceptors (Lipinski definition) is 2. The zero-order valence-electron chi connectivity index (χ0n) is 12.3. The van der Waals surface area contributed by atoms with Crippen LogP contribution in [-0.2, 0) is 13.7 Å². The molecule has 0 aliphatic heterocycles. The topological polar surface area (TPSA) is 38.0 Å². The number of aliphatic hydroxyl groups is 1. The molecule has 0 radical (unpaired) electrons. The van der Waals surface area contributed by atoms with Crippen molar-refractivity contribution in [3.63, 3.8) is 0 Å². The van der Waals surface area contributed by atoms with E-state index in [1.54, 1.807) is 23.0 Å². The van der Waals surface area contributed by atoms with E-state index < -0.39 is 0 Å². The molecule has 0 saturated carbocycles. The molecule has 0 aliphatic rings. The molecule has 2 rings (SSSR count). The Hall–Kier alpha value is -1.68. The van der Waals surface area contributed by atoms with Gasteiger partial charge in [0.15, 0.2) is 0 Å². The first-order chi connectivity index (χ1) is 9.20. The van der Waals surface area contributed by atoms with Gasteiger partial charge >= 0.3 is 0 Å². The Morgan fingerprint density at radius 2 is 1.79 bits per heavy atom. The van der Waals surface area contributed by atoms with Gasteiger partial charge in [-0.1, -0.05) is 39.8 Å². The molecule has 19 heavy (non-hydrogen) atoms. The van der Waals surface area contributed by atoms with Gasteiger partial charge in [0.2, 0.25) is 0 Å². The second-order valence-corrected chi connectivity index (χ2v) is 3.37. The summed E-state index contributed by atoms with van der Waals surface area (Å²) in [6.45, 7) is 7.72. The van der Waals surface area contributed by atoms with E-state index in [0.717, 1.165) is 11.1 Å². The normalized spacial score (nSPS) is 9.00. The quantitative estimate of drug-likeness (QED) is 0.898. The number of nitrogens with zero attached hydrogens (tertiary/aromatic N) is 2. The third-order valence-electron chi connectivity index (χ3n) is 2.26. The second-order valence-electron chi connectivity index (χ2n) is 3.37. The van der Waals surface area contributed by atoms with Gasteiger partial charge in [-0.2, -0.15) is 5.10 Å². The summed E-state index contributed by atoms with van der Waals surface area (Å²) in [5.41, 5.74) is 1.93. The van der Waals surface area contributed by atoms with E-state index in [1.165, 1.54) is 6.07 Å². The maximum absolute atomic E-state index is 13.4. The van der Waals surface area contributed by atoms with Crippen molar-refractivity contribution in [2.45, 2.75) is 34.3 Å². The minimum absolute atomic E-state index is 0.279. The summed E-state index contributed by atoms with van der Waals surface area (Å²) in [6.07, 6.45) is 3.49. The van der Waals surface area contributed by atoms with E-state index in [-0.39, 0.29) is 12.4 Å². The maximum atomic E-state index is 13.4. The summed E-state index contributed by atoms with van der Waals surface area (Å²) >= 11 is 0. The summed E-state index contributed by atoms with van der Waals surface area (Å²) in [5, 5.41) is 12.8. The van der Waals surface area contributed by atoms with Gasteiger partial charge in [-0.25, -0.2) is 4.39 Å². The molecule has 1 N–H and O–H groups in total. The lowest BCUT2D eigenvalue weighted by Gasteiger charge is -2.01. The van der Waals surface area contributed by atoms with Crippen LogP contribution in [0.25, 0.3) is 11.1 Å². The third-order valence-corrected chi connectivity index (χ3v) is 2.26. The zero-order valence-corrected chi connectivity index (χ0v) is 12.3. The highest BCUT2D eigenvalue weighted by Crippen LogP contribution is 2.21. The number of aromatic nitrogens is 2. The lowest BCUT2D eigenvalue weighted by atomic mass is 10.1. The molecular formula is C15H23FN2O. The third kappa shape index (κ3) is 4.83. The van der Waals surface area contributed by atoms with Crippen LogP contribution in [0.2, 0.25) is 0 Å². The van der Waals surface area contributed by atoms with Gasteiger partial charge in [0, 0.05) is 24.4 Å². The van der Waals surface area contributed by atoms with Crippen LogP contribution >= 0.6 is 0 Å². The van der Waals surface area contributed by atoms with E-state index in [2.05, 4.69) is 5.10 Å².